The van der Waals surface area contributed by atoms with Crippen LogP contribution < -0.4 is 10.6 Å². The van der Waals surface area contributed by atoms with Gasteiger partial charge in [-0.2, -0.15) is 5.26 Å². The third-order valence-corrected chi connectivity index (χ3v) is 2.69. The number of rotatable bonds is 5. The van der Waals surface area contributed by atoms with Crippen LogP contribution >= 0.6 is 11.6 Å². The fourth-order valence-corrected chi connectivity index (χ4v) is 1.61. The summed E-state index contributed by atoms with van der Waals surface area (Å²) in [7, 11) is 0. The highest BCUT2D eigenvalue weighted by Crippen LogP contribution is 2.12. The van der Waals surface area contributed by atoms with Crippen LogP contribution in [0.3, 0.4) is 0 Å². The van der Waals surface area contributed by atoms with Crippen LogP contribution in [0.25, 0.3) is 0 Å². The van der Waals surface area contributed by atoms with E-state index < -0.39 is 5.91 Å². The minimum absolute atomic E-state index is 0.0802. The molecule has 0 aliphatic carbocycles. The van der Waals surface area contributed by atoms with Gasteiger partial charge in [0, 0.05) is 17.4 Å². The first-order valence-electron chi connectivity index (χ1n) is 5.98. The third-order valence-electron chi connectivity index (χ3n) is 2.45. The monoisotopic (exact) mass is 302 g/mol. The lowest BCUT2D eigenvalue weighted by Gasteiger charge is -2.03. The Balaban J connectivity index is 1.96. The Bertz CT molecular complexity index is 689. The van der Waals surface area contributed by atoms with E-state index in [4.69, 9.17) is 21.3 Å². The number of amides is 1. The van der Waals surface area contributed by atoms with Gasteiger partial charge >= 0.3 is 0 Å². The summed E-state index contributed by atoms with van der Waals surface area (Å²) in [5.74, 6) is 0.530. The summed E-state index contributed by atoms with van der Waals surface area (Å²) in [6.45, 7) is 0.209. The molecule has 0 aromatic carbocycles. The standard InChI is InChI=1S/C14H11ClN4O2/c15-11-3-4-17-13(6-11)18-8-10(7-16)14(20)19-9-12-2-1-5-21-12/h1-6,8H,9H2,(H,17,18)(H,19,20)/b10-8-. The smallest absolute Gasteiger partial charge is 0.263 e. The van der Waals surface area contributed by atoms with Gasteiger partial charge in [0.1, 0.15) is 23.2 Å². The molecule has 2 aromatic heterocycles. The lowest BCUT2D eigenvalue weighted by molar-refractivity contribution is -0.117. The Morgan fingerprint density at radius 3 is 3.05 bits per heavy atom. The fourth-order valence-electron chi connectivity index (χ4n) is 1.45. The Hall–Kier alpha value is -2.78. The predicted octanol–water partition coefficient (Wildman–Crippen LogP) is 2.46. The van der Waals surface area contributed by atoms with Gasteiger partial charge in [0.15, 0.2) is 0 Å². The number of furan rings is 1. The number of halogens is 1. The summed E-state index contributed by atoms with van der Waals surface area (Å²) in [6.07, 6.45) is 4.30. The Kier molecular flexibility index (Phi) is 4.96. The van der Waals surface area contributed by atoms with Gasteiger partial charge in [-0.05, 0) is 24.3 Å². The highest BCUT2D eigenvalue weighted by atomic mass is 35.5. The van der Waals surface area contributed by atoms with Gasteiger partial charge < -0.3 is 15.1 Å². The molecule has 0 atom stereocenters. The first kappa shape index (κ1) is 14.6. The Morgan fingerprint density at radius 1 is 1.52 bits per heavy atom. The molecule has 0 aliphatic rings. The van der Waals surface area contributed by atoms with E-state index in [2.05, 4.69) is 15.6 Å². The van der Waals surface area contributed by atoms with Gasteiger partial charge in [0.25, 0.3) is 5.91 Å². The molecule has 0 saturated carbocycles. The second-order valence-corrected chi connectivity index (χ2v) is 4.37. The molecule has 106 valence electrons. The summed E-state index contributed by atoms with van der Waals surface area (Å²) >= 11 is 5.81. The summed E-state index contributed by atoms with van der Waals surface area (Å²) in [4.78, 5) is 15.8. The van der Waals surface area contributed by atoms with Gasteiger partial charge in [-0.1, -0.05) is 11.6 Å². The van der Waals surface area contributed by atoms with Crippen LogP contribution in [0.4, 0.5) is 5.82 Å². The lowest BCUT2D eigenvalue weighted by atomic mass is 10.3. The molecule has 2 heterocycles. The van der Waals surface area contributed by atoms with Crippen LogP contribution in [0.15, 0.2) is 52.9 Å². The van der Waals surface area contributed by atoms with Crippen LogP contribution in [-0.2, 0) is 11.3 Å². The molecule has 0 fully saturated rings. The molecule has 1 amide bonds. The van der Waals surface area contributed by atoms with Crippen molar-refractivity contribution >= 4 is 23.3 Å². The molecular formula is C14H11ClN4O2. The largest absolute Gasteiger partial charge is 0.467 e. The second kappa shape index (κ2) is 7.12. The van der Waals surface area contributed by atoms with E-state index in [1.54, 1.807) is 24.3 Å². The SMILES string of the molecule is N#C/C(=C/Nc1cc(Cl)ccn1)C(=O)NCc1ccco1. The molecule has 2 N–H and O–H groups in total. The number of nitrogens with one attached hydrogen (secondary N) is 2. The number of hydrogen-bond donors (Lipinski definition) is 2. The van der Waals surface area contributed by atoms with E-state index in [1.165, 1.54) is 18.7 Å². The van der Waals surface area contributed by atoms with Crippen LogP contribution in [0.2, 0.25) is 5.02 Å². The van der Waals surface area contributed by atoms with Crippen molar-refractivity contribution < 1.29 is 9.21 Å². The normalized spacial score (nSPS) is 10.8. The molecule has 2 aromatic rings. The number of carbonyl (C=O) groups is 1. The summed E-state index contributed by atoms with van der Waals surface area (Å²) in [5.41, 5.74) is -0.0802. The van der Waals surface area contributed by atoms with Gasteiger partial charge in [0.05, 0.1) is 12.8 Å². The molecular weight excluding hydrogens is 292 g/mol. The van der Waals surface area contributed by atoms with Gasteiger partial charge in [0.2, 0.25) is 0 Å². The average molecular weight is 303 g/mol. The molecule has 0 saturated heterocycles. The zero-order valence-electron chi connectivity index (χ0n) is 10.8. The highest BCUT2D eigenvalue weighted by Gasteiger charge is 2.09. The molecule has 0 radical (unpaired) electrons. The zero-order valence-corrected chi connectivity index (χ0v) is 11.6. The van der Waals surface area contributed by atoms with Crippen LogP contribution in [0.5, 0.6) is 0 Å². The van der Waals surface area contributed by atoms with Crippen molar-refractivity contribution in [3.63, 3.8) is 0 Å². The summed E-state index contributed by atoms with van der Waals surface area (Å²) in [5, 5.41) is 14.8. The molecule has 7 heteroatoms. The van der Waals surface area contributed by atoms with Gasteiger partial charge in [-0.15, -0.1) is 0 Å². The fraction of sp³-hybridized carbons (Fsp3) is 0.0714. The molecule has 2 rings (SSSR count). The van der Waals surface area contributed by atoms with E-state index in [9.17, 15) is 4.79 Å². The van der Waals surface area contributed by atoms with E-state index in [1.807, 2.05) is 6.07 Å². The van der Waals surface area contributed by atoms with Gasteiger partial charge in [-0.3, -0.25) is 4.79 Å². The van der Waals surface area contributed by atoms with Crippen molar-refractivity contribution in [1.29, 1.82) is 5.26 Å². The number of pyridine rings is 1. The van der Waals surface area contributed by atoms with E-state index in [0.717, 1.165) is 0 Å². The van der Waals surface area contributed by atoms with Crippen molar-refractivity contribution in [1.82, 2.24) is 10.3 Å². The van der Waals surface area contributed by atoms with E-state index in [-0.39, 0.29) is 12.1 Å². The number of carbonyl (C=O) groups excluding carboxylic acids is 1. The number of nitrogens with zero attached hydrogens (tertiary/aromatic N) is 2. The number of aromatic nitrogens is 1. The second-order valence-electron chi connectivity index (χ2n) is 3.94. The highest BCUT2D eigenvalue weighted by molar-refractivity contribution is 6.30. The summed E-state index contributed by atoms with van der Waals surface area (Å²) < 4.78 is 5.08. The van der Waals surface area contributed by atoms with Crippen LogP contribution in [-0.4, -0.2) is 10.9 Å². The van der Waals surface area contributed by atoms with Crippen molar-refractivity contribution in [3.05, 3.63) is 59.3 Å². The zero-order chi connectivity index (χ0) is 15.1. The maximum atomic E-state index is 11.8. The molecule has 6 nitrogen and oxygen atoms in total. The van der Waals surface area contributed by atoms with Crippen LogP contribution in [0, 0.1) is 11.3 Å². The molecule has 21 heavy (non-hydrogen) atoms. The lowest BCUT2D eigenvalue weighted by Crippen LogP contribution is -2.24. The first-order valence-corrected chi connectivity index (χ1v) is 6.36. The first-order chi connectivity index (χ1) is 10.2. The quantitative estimate of drug-likeness (QED) is 0.654. The Morgan fingerprint density at radius 2 is 2.38 bits per heavy atom. The number of hydrogen-bond acceptors (Lipinski definition) is 5. The van der Waals surface area contributed by atoms with Crippen molar-refractivity contribution in [2.75, 3.05) is 5.32 Å². The summed E-state index contributed by atoms with van der Waals surface area (Å²) in [6, 6.07) is 8.46. The third kappa shape index (κ3) is 4.37. The topological polar surface area (TPSA) is 91.0 Å². The minimum atomic E-state index is -0.511. The predicted molar refractivity (Wildman–Crippen MR) is 77.1 cm³/mol. The molecule has 0 bridgehead atoms. The van der Waals surface area contributed by atoms with E-state index >= 15 is 0 Å². The average Bonchev–Trinajstić information content (AvgIpc) is 2.99. The van der Waals surface area contributed by atoms with Crippen molar-refractivity contribution in [2.24, 2.45) is 0 Å². The van der Waals surface area contributed by atoms with Crippen molar-refractivity contribution in [3.8, 4) is 6.07 Å². The van der Waals surface area contributed by atoms with Crippen molar-refractivity contribution in [2.45, 2.75) is 6.54 Å². The molecule has 0 spiro atoms. The number of nitriles is 1. The van der Waals surface area contributed by atoms with Gasteiger partial charge in [-0.25, -0.2) is 4.98 Å². The van der Waals surface area contributed by atoms with Crippen LogP contribution in [0.1, 0.15) is 5.76 Å². The number of anilines is 1. The molecule has 0 aliphatic heterocycles. The maximum absolute atomic E-state index is 11.8. The maximum Gasteiger partial charge on any atom is 0.263 e. The minimum Gasteiger partial charge on any atom is -0.467 e. The van der Waals surface area contributed by atoms with E-state index in [0.29, 0.717) is 16.6 Å². The molecule has 0 unspecified atom stereocenters. The Labute approximate surface area is 126 Å².